The second-order valence-electron chi connectivity index (χ2n) is 6.42. The van der Waals surface area contributed by atoms with Gasteiger partial charge in [0.25, 0.3) is 11.1 Å². The van der Waals surface area contributed by atoms with Crippen LogP contribution in [0.25, 0.3) is 6.08 Å². The highest BCUT2D eigenvalue weighted by atomic mass is 32.2. The quantitative estimate of drug-likeness (QED) is 0.503. The number of hydrogen-bond donors (Lipinski definition) is 0. The summed E-state index contributed by atoms with van der Waals surface area (Å²) in [6, 6.07) is 15.3. The van der Waals surface area contributed by atoms with Gasteiger partial charge in [-0.15, -0.1) is 0 Å². The van der Waals surface area contributed by atoms with E-state index in [1.807, 2.05) is 49.4 Å². The number of amides is 2. The number of ether oxygens (including phenoxy) is 2. The Balaban J connectivity index is 1.62. The molecular weight excluding hydrogens is 390 g/mol. The molecule has 6 nitrogen and oxygen atoms in total. The number of nitrogens with zero attached hydrogens (tertiary/aromatic N) is 1. The fraction of sp³-hybridized carbons (Fsp3) is 0.227. The van der Waals surface area contributed by atoms with Gasteiger partial charge < -0.3 is 9.47 Å². The molecule has 1 heterocycles. The lowest BCUT2D eigenvalue weighted by Crippen LogP contribution is -2.34. The van der Waals surface area contributed by atoms with Gasteiger partial charge in [0.1, 0.15) is 18.9 Å². The number of hydrogen-bond acceptors (Lipinski definition) is 6. The van der Waals surface area contributed by atoms with Crippen LogP contribution in [-0.2, 0) is 20.9 Å². The number of benzene rings is 2. The molecule has 0 aromatic heterocycles. The molecule has 0 atom stereocenters. The molecule has 2 amide bonds. The Morgan fingerprint density at radius 1 is 1.14 bits per heavy atom. The normalized spacial score (nSPS) is 15.1. The molecule has 150 valence electrons. The van der Waals surface area contributed by atoms with Crippen LogP contribution in [0, 0.1) is 6.92 Å². The van der Waals surface area contributed by atoms with Crippen LogP contribution < -0.4 is 4.74 Å². The smallest absolute Gasteiger partial charge is 0.326 e. The number of rotatable bonds is 7. The van der Waals surface area contributed by atoms with Gasteiger partial charge in [0, 0.05) is 0 Å². The van der Waals surface area contributed by atoms with Crippen molar-refractivity contribution in [2.75, 3.05) is 13.2 Å². The third-order valence-corrected chi connectivity index (χ3v) is 5.04. The van der Waals surface area contributed by atoms with Crippen molar-refractivity contribution in [1.29, 1.82) is 0 Å². The lowest BCUT2D eigenvalue weighted by atomic mass is 10.1. The lowest BCUT2D eigenvalue weighted by molar-refractivity contribution is -0.145. The van der Waals surface area contributed by atoms with E-state index in [4.69, 9.17) is 9.47 Å². The van der Waals surface area contributed by atoms with Gasteiger partial charge in [0.05, 0.1) is 11.5 Å². The van der Waals surface area contributed by atoms with E-state index in [-0.39, 0.29) is 18.1 Å². The molecule has 2 aromatic rings. The number of thioether (sulfide) groups is 1. The topological polar surface area (TPSA) is 72.9 Å². The van der Waals surface area contributed by atoms with Crippen LogP contribution in [0.15, 0.2) is 53.4 Å². The van der Waals surface area contributed by atoms with Crippen LogP contribution in [0.5, 0.6) is 5.75 Å². The summed E-state index contributed by atoms with van der Waals surface area (Å²) in [6.45, 7) is 3.99. The molecule has 1 fully saturated rings. The second kappa shape index (κ2) is 9.43. The van der Waals surface area contributed by atoms with Gasteiger partial charge in [-0.3, -0.25) is 19.3 Å². The predicted octanol–water partition coefficient (Wildman–Crippen LogP) is 4.17. The van der Waals surface area contributed by atoms with E-state index < -0.39 is 17.1 Å². The van der Waals surface area contributed by atoms with E-state index in [0.717, 1.165) is 27.8 Å². The Labute approximate surface area is 173 Å². The molecule has 1 aliphatic heterocycles. The van der Waals surface area contributed by atoms with Gasteiger partial charge in [-0.1, -0.05) is 42.0 Å². The van der Waals surface area contributed by atoms with Gasteiger partial charge >= 0.3 is 5.97 Å². The maximum Gasteiger partial charge on any atom is 0.326 e. The minimum absolute atomic E-state index is 0.198. The first-order valence-electron chi connectivity index (χ1n) is 9.15. The average molecular weight is 411 g/mol. The van der Waals surface area contributed by atoms with Crippen molar-refractivity contribution in [3.8, 4) is 5.75 Å². The van der Waals surface area contributed by atoms with Crippen LogP contribution in [0.4, 0.5) is 4.79 Å². The third-order valence-electron chi connectivity index (χ3n) is 4.13. The fourth-order valence-corrected chi connectivity index (χ4v) is 3.59. The minimum Gasteiger partial charge on any atom is -0.489 e. The van der Waals surface area contributed by atoms with E-state index >= 15 is 0 Å². The lowest BCUT2D eigenvalue weighted by Gasteiger charge is -2.10. The average Bonchev–Trinajstić information content (AvgIpc) is 2.95. The van der Waals surface area contributed by atoms with Gasteiger partial charge in [-0.2, -0.15) is 0 Å². The van der Waals surface area contributed by atoms with Crippen LogP contribution >= 0.6 is 11.8 Å². The van der Waals surface area contributed by atoms with Gasteiger partial charge in [0.15, 0.2) is 0 Å². The SMILES string of the molecule is CCOC(=O)CN1C(=O)SC(=Cc2ccc(OCc3cccc(C)c3)cc2)C1=O. The summed E-state index contributed by atoms with van der Waals surface area (Å²) in [4.78, 5) is 37.2. The maximum atomic E-state index is 12.4. The summed E-state index contributed by atoms with van der Waals surface area (Å²) in [7, 11) is 0. The molecule has 2 aromatic carbocycles. The van der Waals surface area contributed by atoms with E-state index in [1.165, 1.54) is 5.56 Å². The summed E-state index contributed by atoms with van der Waals surface area (Å²) in [6.07, 6.45) is 1.63. The maximum absolute atomic E-state index is 12.4. The fourth-order valence-electron chi connectivity index (χ4n) is 2.75. The number of carbonyl (C=O) groups is 3. The highest BCUT2D eigenvalue weighted by Crippen LogP contribution is 2.32. The first-order valence-corrected chi connectivity index (χ1v) is 9.97. The Kier molecular flexibility index (Phi) is 6.72. The summed E-state index contributed by atoms with van der Waals surface area (Å²) in [5, 5.41) is -0.479. The summed E-state index contributed by atoms with van der Waals surface area (Å²) >= 11 is 0.809. The zero-order chi connectivity index (χ0) is 20.8. The Bertz CT molecular complexity index is 952. The van der Waals surface area contributed by atoms with Gasteiger partial charge in [-0.05, 0) is 54.9 Å². The molecule has 1 saturated heterocycles. The van der Waals surface area contributed by atoms with E-state index in [2.05, 4.69) is 6.07 Å². The molecule has 0 bridgehead atoms. The molecule has 1 aliphatic rings. The molecule has 3 rings (SSSR count). The summed E-state index contributed by atoms with van der Waals surface area (Å²) in [5.74, 6) is -0.391. The minimum atomic E-state index is -0.605. The van der Waals surface area contributed by atoms with Crippen molar-refractivity contribution in [2.24, 2.45) is 0 Å². The Morgan fingerprint density at radius 3 is 2.59 bits per heavy atom. The molecule has 0 saturated carbocycles. The number of esters is 1. The van der Waals surface area contributed by atoms with E-state index in [9.17, 15) is 14.4 Å². The predicted molar refractivity (Wildman–Crippen MR) is 111 cm³/mol. The Hall–Kier alpha value is -3.06. The molecule has 0 aliphatic carbocycles. The van der Waals surface area contributed by atoms with E-state index in [0.29, 0.717) is 12.4 Å². The Morgan fingerprint density at radius 2 is 1.90 bits per heavy atom. The van der Waals surface area contributed by atoms with Crippen molar-refractivity contribution in [3.05, 3.63) is 70.1 Å². The molecule has 7 heteroatoms. The van der Waals surface area contributed by atoms with Crippen molar-refractivity contribution >= 4 is 35.0 Å². The monoisotopic (exact) mass is 411 g/mol. The largest absolute Gasteiger partial charge is 0.489 e. The summed E-state index contributed by atoms with van der Waals surface area (Å²) in [5.41, 5.74) is 3.03. The standard InChI is InChI=1S/C22H21NO5S/c1-3-27-20(24)13-23-21(25)19(29-22(23)26)12-16-7-9-18(10-8-16)28-14-17-6-4-5-15(2)11-17/h4-12H,3,13-14H2,1-2H3. The third kappa shape index (κ3) is 5.48. The zero-order valence-corrected chi connectivity index (χ0v) is 17.0. The molecule has 0 unspecified atom stereocenters. The van der Waals surface area contributed by atoms with Crippen LogP contribution in [-0.4, -0.2) is 35.2 Å². The van der Waals surface area contributed by atoms with Crippen molar-refractivity contribution < 1.29 is 23.9 Å². The number of carbonyl (C=O) groups excluding carboxylic acids is 3. The molecule has 29 heavy (non-hydrogen) atoms. The molecule has 0 radical (unpaired) electrons. The van der Waals surface area contributed by atoms with E-state index in [1.54, 1.807) is 13.0 Å². The van der Waals surface area contributed by atoms with Crippen molar-refractivity contribution in [1.82, 2.24) is 4.90 Å². The first kappa shape index (κ1) is 20.7. The van der Waals surface area contributed by atoms with Crippen LogP contribution in [0.2, 0.25) is 0 Å². The molecule has 0 spiro atoms. The van der Waals surface area contributed by atoms with Crippen molar-refractivity contribution in [2.45, 2.75) is 20.5 Å². The first-order chi connectivity index (χ1) is 14.0. The molecular formula is C22H21NO5S. The van der Waals surface area contributed by atoms with Gasteiger partial charge in [-0.25, -0.2) is 0 Å². The number of imide groups is 1. The highest BCUT2D eigenvalue weighted by molar-refractivity contribution is 8.18. The van der Waals surface area contributed by atoms with Gasteiger partial charge in [0.2, 0.25) is 0 Å². The number of aryl methyl sites for hydroxylation is 1. The zero-order valence-electron chi connectivity index (χ0n) is 16.2. The van der Waals surface area contributed by atoms with Crippen LogP contribution in [0.3, 0.4) is 0 Å². The second-order valence-corrected chi connectivity index (χ2v) is 7.41. The van der Waals surface area contributed by atoms with Crippen molar-refractivity contribution in [3.63, 3.8) is 0 Å². The molecule has 0 N–H and O–H groups in total. The highest BCUT2D eigenvalue weighted by Gasteiger charge is 2.36. The summed E-state index contributed by atoms with van der Waals surface area (Å²) < 4.78 is 10.6. The van der Waals surface area contributed by atoms with Crippen LogP contribution in [0.1, 0.15) is 23.6 Å².